The van der Waals surface area contributed by atoms with Crippen LogP contribution >= 0.6 is 0 Å². The second kappa shape index (κ2) is 58.7. The van der Waals surface area contributed by atoms with Gasteiger partial charge in [0.05, 0.1) is 6.61 Å². The van der Waals surface area contributed by atoms with Crippen molar-refractivity contribution in [2.24, 2.45) is 0 Å². The lowest BCUT2D eigenvalue weighted by Crippen LogP contribution is -2.28. The van der Waals surface area contributed by atoms with Crippen molar-refractivity contribution >= 4 is 11.9 Å². The van der Waals surface area contributed by atoms with Crippen LogP contribution in [0.1, 0.15) is 296 Å². The first-order valence-corrected chi connectivity index (χ1v) is 29.5. The van der Waals surface area contributed by atoms with Gasteiger partial charge in [-0.15, -0.1) is 0 Å². The zero-order chi connectivity index (χ0) is 49.2. The van der Waals surface area contributed by atoms with Crippen LogP contribution in [0.15, 0.2) is 72.9 Å². The second-order valence-electron chi connectivity index (χ2n) is 19.7. The zero-order valence-corrected chi connectivity index (χ0v) is 45.1. The number of allylic oxidation sites excluding steroid dienone is 12. The summed E-state index contributed by atoms with van der Waals surface area (Å²) in [5.74, 6) is -0.652. The SMILES string of the molecule is CC/C=C\C/C=C\C/C=C\C/C=C\C/C=C\CCCC(=O)OC(CO)COC(=O)CCCCCCCCCCCCCCCCCCCCCCCCCCC/C=C\CCCCCCCCCC. The molecule has 0 saturated carbocycles. The van der Waals surface area contributed by atoms with Gasteiger partial charge in [-0.05, 0) is 77.0 Å². The number of aliphatic hydroxyl groups is 1. The fraction of sp³-hybridized carbons (Fsp3) is 0.778. The van der Waals surface area contributed by atoms with Gasteiger partial charge >= 0.3 is 11.9 Å². The Morgan fingerprint density at radius 3 is 1.01 bits per heavy atom. The van der Waals surface area contributed by atoms with E-state index in [4.69, 9.17) is 9.47 Å². The van der Waals surface area contributed by atoms with E-state index in [9.17, 15) is 14.7 Å². The summed E-state index contributed by atoms with van der Waals surface area (Å²) in [4.78, 5) is 24.4. The van der Waals surface area contributed by atoms with E-state index in [2.05, 4.69) is 86.8 Å². The first kappa shape index (κ1) is 65.3. The molecule has 0 radical (unpaired) electrons. The Balaban J connectivity index is 3.43. The van der Waals surface area contributed by atoms with Crippen molar-refractivity contribution in [1.29, 1.82) is 0 Å². The van der Waals surface area contributed by atoms with Crippen LogP contribution in [0.2, 0.25) is 0 Å². The van der Waals surface area contributed by atoms with E-state index >= 15 is 0 Å². The van der Waals surface area contributed by atoms with Gasteiger partial charge in [0.1, 0.15) is 6.61 Å². The number of hydrogen-bond acceptors (Lipinski definition) is 5. The van der Waals surface area contributed by atoms with Crippen molar-refractivity contribution in [3.63, 3.8) is 0 Å². The van der Waals surface area contributed by atoms with Gasteiger partial charge in [0, 0.05) is 12.8 Å². The first-order chi connectivity index (χ1) is 33.6. The molecule has 5 heteroatoms. The Kier molecular flexibility index (Phi) is 56.4. The largest absolute Gasteiger partial charge is 0.462 e. The maximum Gasteiger partial charge on any atom is 0.306 e. The van der Waals surface area contributed by atoms with E-state index < -0.39 is 6.10 Å². The van der Waals surface area contributed by atoms with Crippen LogP contribution in [-0.4, -0.2) is 36.4 Å². The number of unbranched alkanes of at least 4 members (excludes halogenated alkanes) is 34. The Hall–Kier alpha value is -2.66. The molecule has 1 unspecified atom stereocenters. The molecule has 0 saturated heterocycles. The van der Waals surface area contributed by atoms with E-state index in [1.807, 2.05) is 0 Å². The van der Waals surface area contributed by atoms with Crippen LogP contribution in [0.3, 0.4) is 0 Å². The van der Waals surface area contributed by atoms with Crippen LogP contribution in [-0.2, 0) is 19.1 Å². The third kappa shape index (κ3) is 55.9. The summed E-state index contributed by atoms with van der Waals surface area (Å²) in [5, 5.41) is 9.62. The minimum absolute atomic E-state index is 0.0887. The maximum absolute atomic E-state index is 12.2. The zero-order valence-electron chi connectivity index (χ0n) is 45.1. The molecular formula is C63H112O5. The second-order valence-corrected chi connectivity index (χ2v) is 19.7. The van der Waals surface area contributed by atoms with Gasteiger partial charge in [0.25, 0.3) is 0 Å². The molecule has 0 rings (SSSR count). The van der Waals surface area contributed by atoms with Gasteiger partial charge in [-0.25, -0.2) is 0 Å². The van der Waals surface area contributed by atoms with Gasteiger partial charge < -0.3 is 14.6 Å². The molecule has 394 valence electrons. The Labute approximate surface area is 423 Å². The summed E-state index contributed by atoms with van der Waals surface area (Å²) in [5.41, 5.74) is 0. The summed E-state index contributed by atoms with van der Waals surface area (Å²) in [6.45, 7) is 4.00. The van der Waals surface area contributed by atoms with Gasteiger partial charge in [-0.2, -0.15) is 0 Å². The van der Waals surface area contributed by atoms with Crippen molar-refractivity contribution < 1.29 is 24.2 Å². The quantitative estimate of drug-likeness (QED) is 0.0374. The first-order valence-electron chi connectivity index (χ1n) is 29.5. The van der Waals surface area contributed by atoms with Crippen molar-refractivity contribution in [3.8, 4) is 0 Å². The minimum Gasteiger partial charge on any atom is -0.462 e. The molecule has 0 spiro atoms. The molecular weight excluding hydrogens is 837 g/mol. The van der Waals surface area contributed by atoms with Gasteiger partial charge in [0.15, 0.2) is 6.10 Å². The minimum atomic E-state index is -0.804. The van der Waals surface area contributed by atoms with E-state index in [0.717, 1.165) is 57.8 Å². The standard InChI is InChI=1S/C63H112O5/c1-3-5-7-9-11-13-15-17-19-21-22-23-24-25-26-27-28-29-30-31-32-33-34-35-36-37-38-39-40-42-43-45-47-49-51-53-55-57-62(65)67-60-61(59-64)68-63(66)58-56-54-52-50-48-46-44-41-20-18-16-14-12-10-8-6-4-2/h6,8,12,14,18,20-22,44,46,50,52,61,64H,3-5,7,9-11,13,15-17,19,23-43,45,47-49,51,53-60H2,1-2H3/b8-6-,14-12-,20-18-,22-21-,46-44-,52-50-. The number of hydrogen-bond donors (Lipinski definition) is 1. The average Bonchev–Trinajstić information content (AvgIpc) is 3.34. The lowest BCUT2D eigenvalue weighted by atomic mass is 10.0. The Morgan fingerprint density at radius 1 is 0.353 bits per heavy atom. The summed E-state index contributed by atoms with van der Waals surface area (Å²) < 4.78 is 10.6. The molecule has 1 atom stereocenters. The molecule has 68 heavy (non-hydrogen) atoms. The molecule has 0 aliphatic carbocycles. The van der Waals surface area contributed by atoms with Crippen LogP contribution in [0.25, 0.3) is 0 Å². The molecule has 0 fully saturated rings. The fourth-order valence-corrected chi connectivity index (χ4v) is 8.59. The van der Waals surface area contributed by atoms with Crippen LogP contribution in [0.5, 0.6) is 0 Å². The topological polar surface area (TPSA) is 72.8 Å². The average molecular weight is 950 g/mol. The molecule has 0 aliphatic rings. The molecule has 0 aromatic carbocycles. The monoisotopic (exact) mass is 949 g/mol. The highest BCUT2D eigenvalue weighted by molar-refractivity contribution is 5.70. The number of carbonyl (C=O) groups is 2. The van der Waals surface area contributed by atoms with E-state index in [0.29, 0.717) is 12.8 Å². The molecule has 1 N–H and O–H groups in total. The van der Waals surface area contributed by atoms with Crippen LogP contribution in [0.4, 0.5) is 0 Å². The summed E-state index contributed by atoms with van der Waals surface area (Å²) in [6.07, 6.45) is 80.6. The van der Waals surface area contributed by atoms with E-state index in [1.54, 1.807) is 0 Å². The molecule has 0 aromatic rings. The Morgan fingerprint density at radius 2 is 0.647 bits per heavy atom. The number of carbonyl (C=O) groups excluding carboxylic acids is 2. The molecule has 5 nitrogen and oxygen atoms in total. The van der Waals surface area contributed by atoms with Crippen LogP contribution in [0, 0.1) is 0 Å². The van der Waals surface area contributed by atoms with Crippen molar-refractivity contribution in [3.05, 3.63) is 72.9 Å². The normalized spacial score (nSPS) is 12.7. The van der Waals surface area contributed by atoms with Gasteiger partial charge in [0.2, 0.25) is 0 Å². The third-order valence-corrected chi connectivity index (χ3v) is 13.0. The fourth-order valence-electron chi connectivity index (χ4n) is 8.59. The molecule has 0 bridgehead atoms. The Bertz CT molecular complexity index is 1210. The summed E-state index contributed by atoms with van der Waals surface area (Å²) in [7, 11) is 0. The number of aliphatic hydroxyl groups excluding tert-OH is 1. The van der Waals surface area contributed by atoms with Gasteiger partial charge in [-0.1, -0.05) is 279 Å². The maximum atomic E-state index is 12.2. The number of esters is 2. The number of ether oxygens (including phenoxy) is 2. The van der Waals surface area contributed by atoms with Crippen LogP contribution < -0.4 is 0 Å². The predicted octanol–water partition coefficient (Wildman–Crippen LogP) is 20.0. The van der Waals surface area contributed by atoms with E-state index in [1.165, 1.54) is 205 Å². The third-order valence-electron chi connectivity index (χ3n) is 13.0. The predicted molar refractivity (Wildman–Crippen MR) is 297 cm³/mol. The van der Waals surface area contributed by atoms with E-state index in [-0.39, 0.29) is 31.6 Å². The van der Waals surface area contributed by atoms with Crippen molar-refractivity contribution in [1.82, 2.24) is 0 Å². The summed E-state index contributed by atoms with van der Waals surface area (Å²) >= 11 is 0. The highest BCUT2D eigenvalue weighted by Crippen LogP contribution is 2.17. The highest BCUT2D eigenvalue weighted by Gasteiger charge is 2.16. The molecule has 0 aromatic heterocycles. The van der Waals surface area contributed by atoms with Gasteiger partial charge in [-0.3, -0.25) is 9.59 Å². The van der Waals surface area contributed by atoms with Crippen molar-refractivity contribution in [2.75, 3.05) is 13.2 Å². The van der Waals surface area contributed by atoms with Crippen molar-refractivity contribution in [2.45, 2.75) is 302 Å². The smallest absolute Gasteiger partial charge is 0.306 e. The lowest BCUT2D eigenvalue weighted by Gasteiger charge is -2.15. The molecule has 0 heterocycles. The molecule has 0 aliphatic heterocycles. The summed E-state index contributed by atoms with van der Waals surface area (Å²) in [6, 6.07) is 0. The lowest BCUT2D eigenvalue weighted by molar-refractivity contribution is -0.161. The number of rotatable bonds is 54. The molecule has 0 amide bonds. The highest BCUT2D eigenvalue weighted by atomic mass is 16.6.